The van der Waals surface area contributed by atoms with E-state index in [1.165, 1.54) is 28.6 Å². The zero-order valence-electron chi connectivity index (χ0n) is 13.9. The van der Waals surface area contributed by atoms with Gasteiger partial charge in [-0.2, -0.15) is 4.31 Å². The topological polar surface area (TPSA) is 83.5 Å². The zero-order valence-corrected chi connectivity index (χ0v) is 16.3. The number of nitrogens with one attached hydrogen (secondary N) is 1. The summed E-state index contributed by atoms with van der Waals surface area (Å²) < 4.78 is 53.7. The molecule has 2 aromatic carbocycles. The molecule has 0 saturated carbocycles. The number of rotatable bonds is 6. The maximum Gasteiger partial charge on any atom is 0.243 e. The summed E-state index contributed by atoms with van der Waals surface area (Å²) in [4.78, 5) is 0.106. The summed E-state index contributed by atoms with van der Waals surface area (Å²) in [7, 11) is -7.33. The molecule has 0 radical (unpaired) electrons. The van der Waals surface area contributed by atoms with Gasteiger partial charge in [0.15, 0.2) is 0 Å². The Bertz CT molecular complexity index is 984. The lowest BCUT2D eigenvalue weighted by atomic mass is 10.2. The molecule has 9 heteroatoms. The number of benzene rings is 2. The van der Waals surface area contributed by atoms with Crippen LogP contribution >= 0.6 is 11.6 Å². The molecule has 0 bridgehead atoms. The van der Waals surface area contributed by atoms with Gasteiger partial charge in [-0.25, -0.2) is 21.6 Å². The highest BCUT2D eigenvalue weighted by atomic mass is 35.5. The molecule has 1 heterocycles. The SMILES string of the molecule is O=S(=O)(NCc1ccccc1Cl)c1ccc(S(=O)(=O)N2CCCC2)cc1. The number of sulfonamides is 2. The molecule has 1 aliphatic heterocycles. The summed E-state index contributed by atoms with van der Waals surface area (Å²) in [6.07, 6.45) is 1.69. The van der Waals surface area contributed by atoms with Gasteiger partial charge in [0, 0.05) is 24.7 Å². The minimum absolute atomic E-state index is 0.00456. The Kier molecular flexibility index (Phi) is 5.69. The quantitative estimate of drug-likeness (QED) is 0.787. The predicted molar refractivity (Wildman–Crippen MR) is 99.9 cm³/mol. The van der Waals surface area contributed by atoms with Gasteiger partial charge in [-0.1, -0.05) is 29.8 Å². The molecule has 0 spiro atoms. The summed E-state index contributed by atoms with van der Waals surface area (Å²) in [5.74, 6) is 0. The Hall–Kier alpha value is -1.45. The van der Waals surface area contributed by atoms with Gasteiger partial charge in [0.2, 0.25) is 20.0 Å². The Labute approximate surface area is 158 Å². The molecule has 1 saturated heterocycles. The van der Waals surface area contributed by atoms with E-state index in [1.807, 2.05) is 0 Å². The lowest BCUT2D eigenvalue weighted by Gasteiger charge is -2.15. The molecule has 1 N–H and O–H groups in total. The molecule has 1 fully saturated rings. The molecular formula is C17H19ClN2O4S2. The van der Waals surface area contributed by atoms with E-state index in [1.54, 1.807) is 24.3 Å². The van der Waals surface area contributed by atoms with Crippen molar-refractivity contribution in [3.8, 4) is 0 Å². The van der Waals surface area contributed by atoms with Gasteiger partial charge in [0.1, 0.15) is 0 Å². The van der Waals surface area contributed by atoms with Crippen molar-refractivity contribution >= 4 is 31.6 Å². The maximum atomic E-state index is 12.5. The van der Waals surface area contributed by atoms with Gasteiger partial charge in [0.25, 0.3) is 0 Å². The summed E-state index contributed by atoms with van der Waals surface area (Å²) >= 11 is 6.03. The van der Waals surface area contributed by atoms with Crippen molar-refractivity contribution in [1.82, 2.24) is 9.03 Å². The number of nitrogens with zero attached hydrogens (tertiary/aromatic N) is 1. The Morgan fingerprint density at radius 2 is 1.46 bits per heavy atom. The fourth-order valence-electron chi connectivity index (χ4n) is 2.77. The summed E-state index contributed by atoms with van der Waals surface area (Å²) in [6.45, 7) is 1.05. The first-order chi connectivity index (χ1) is 12.3. The minimum atomic E-state index is -3.77. The molecule has 3 rings (SSSR count). The largest absolute Gasteiger partial charge is 0.243 e. The van der Waals surface area contributed by atoms with Crippen molar-refractivity contribution in [3.05, 3.63) is 59.1 Å². The van der Waals surface area contributed by atoms with Crippen LogP contribution < -0.4 is 4.72 Å². The van der Waals surface area contributed by atoms with Crippen LogP contribution in [0.25, 0.3) is 0 Å². The fraction of sp³-hybridized carbons (Fsp3) is 0.294. The molecular weight excluding hydrogens is 396 g/mol. The second-order valence-corrected chi connectivity index (χ2v) is 10.1. The van der Waals surface area contributed by atoms with Gasteiger partial charge in [-0.3, -0.25) is 0 Å². The third-order valence-electron chi connectivity index (χ3n) is 4.25. The van der Waals surface area contributed by atoms with E-state index >= 15 is 0 Å². The summed E-state index contributed by atoms with van der Waals surface area (Å²) in [6, 6.07) is 12.2. The van der Waals surface area contributed by atoms with Crippen LogP contribution in [0.5, 0.6) is 0 Å². The third kappa shape index (κ3) is 4.10. The molecule has 0 aliphatic carbocycles. The van der Waals surface area contributed by atoms with Gasteiger partial charge >= 0.3 is 0 Å². The fourth-order valence-corrected chi connectivity index (χ4v) is 5.49. The van der Waals surface area contributed by atoms with Crippen LogP contribution in [0.1, 0.15) is 18.4 Å². The maximum absolute atomic E-state index is 12.5. The van der Waals surface area contributed by atoms with E-state index in [2.05, 4.69) is 4.72 Å². The smallest absolute Gasteiger partial charge is 0.207 e. The van der Waals surface area contributed by atoms with Crippen LogP contribution in [0.3, 0.4) is 0 Å². The van der Waals surface area contributed by atoms with Crippen LogP contribution in [-0.4, -0.2) is 34.2 Å². The van der Waals surface area contributed by atoms with Gasteiger partial charge < -0.3 is 0 Å². The molecule has 26 heavy (non-hydrogen) atoms. The minimum Gasteiger partial charge on any atom is -0.207 e. The molecule has 0 atom stereocenters. The second-order valence-electron chi connectivity index (χ2n) is 6.00. The Morgan fingerprint density at radius 3 is 2.08 bits per heavy atom. The van der Waals surface area contributed by atoms with Crippen molar-refractivity contribution in [2.24, 2.45) is 0 Å². The van der Waals surface area contributed by atoms with Crippen LogP contribution in [-0.2, 0) is 26.6 Å². The van der Waals surface area contributed by atoms with E-state index in [4.69, 9.17) is 11.6 Å². The third-order valence-corrected chi connectivity index (χ3v) is 7.95. The Morgan fingerprint density at radius 1 is 0.885 bits per heavy atom. The van der Waals surface area contributed by atoms with Gasteiger partial charge in [-0.05, 0) is 48.7 Å². The van der Waals surface area contributed by atoms with Gasteiger partial charge in [0.05, 0.1) is 9.79 Å². The standard InChI is InChI=1S/C17H19ClN2O4S2/c18-17-6-2-1-5-14(17)13-19-25(21,22)15-7-9-16(10-8-15)26(23,24)20-11-3-4-12-20/h1-2,5-10,19H,3-4,11-13H2. The van der Waals surface area contributed by atoms with E-state index < -0.39 is 20.0 Å². The molecule has 2 aromatic rings. The van der Waals surface area contributed by atoms with Crippen LogP contribution in [0.4, 0.5) is 0 Å². The van der Waals surface area contributed by atoms with Crippen LogP contribution in [0, 0.1) is 0 Å². The van der Waals surface area contributed by atoms with Crippen molar-refractivity contribution in [3.63, 3.8) is 0 Å². The average Bonchev–Trinajstić information content (AvgIpc) is 3.17. The second kappa shape index (κ2) is 7.66. The van der Waals surface area contributed by atoms with E-state index in [-0.39, 0.29) is 16.3 Å². The lowest BCUT2D eigenvalue weighted by Crippen LogP contribution is -2.28. The van der Waals surface area contributed by atoms with E-state index in [9.17, 15) is 16.8 Å². The highest BCUT2D eigenvalue weighted by Gasteiger charge is 2.27. The molecule has 1 aliphatic rings. The normalized spacial score (nSPS) is 16.0. The molecule has 6 nitrogen and oxygen atoms in total. The summed E-state index contributed by atoms with van der Waals surface area (Å²) in [5, 5.41) is 0.474. The van der Waals surface area contributed by atoms with Crippen molar-refractivity contribution < 1.29 is 16.8 Å². The highest BCUT2D eigenvalue weighted by molar-refractivity contribution is 7.89. The monoisotopic (exact) mass is 414 g/mol. The first kappa shape index (κ1) is 19.3. The molecule has 0 aromatic heterocycles. The van der Waals surface area contributed by atoms with Gasteiger partial charge in [-0.15, -0.1) is 0 Å². The predicted octanol–water partition coefficient (Wildman–Crippen LogP) is 2.60. The molecule has 0 unspecified atom stereocenters. The summed E-state index contributed by atoms with van der Waals surface area (Å²) in [5.41, 5.74) is 0.658. The first-order valence-corrected chi connectivity index (χ1v) is 11.4. The average molecular weight is 415 g/mol. The highest BCUT2D eigenvalue weighted by Crippen LogP contribution is 2.22. The van der Waals surface area contributed by atoms with E-state index in [0.717, 1.165) is 12.8 Å². The lowest BCUT2D eigenvalue weighted by molar-refractivity contribution is 0.477. The number of hydrogen-bond donors (Lipinski definition) is 1. The van der Waals surface area contributed by atoms with Crippen LogP contribution in [0.2, 0.25) is 5.02 Å². The Balaban J connectivity index is 1.76. The van der Waals surface area contributed by atoms with E-state index in [0.29, 0.717) is 23.7 Å². The molecule has 140 valence electrons. The van der Waals surface area contributed by atoms with Crippen molar-refractivity contribution in [2.45, 2.75) is 29.2 Å². The van der Waals surface area contributed by atoms with Crippen molar-refractivity contribution in [1.29, 1.82) is 0 Å². The zero-order chi connectivity index (χ0) is 18.8. The number of hydrogen-bond acceptors (Lipinski definition) is 4. The van der Waals surface area contributed by atoms with Crippen molar-refractivity contribution in [2.75, 3.05) is 13.1 Å². The first-order valence-electron chi connectivity index (χ1n) is 8.14. The molecule has 0 amide bonds. The van der Waals surface area contributed by atoms with Crippen LogP contribution in [0.15, 0.2) is 58.3 Å². The number of halogens is 1.